The number of halogens is 1. The molecule has 0 fully saturated rings. The van der Waals surface area contributed by atoms with Gasteiger partial charge in [-0.1, -0.05) is 23.7 Å². The summed E-state index contributed by atoms with van der Waals surface area (Å²) in [5, 5.41) is 18.1. The van der Waals surface area contributed by atoms with E-state index in [9.17, 15) is 10.1 Å². The lowest BCUT2D eigenvalue weighted by molar-refractivity contribution is -0.384. The van der Waals surface area contributed by atoms with Gasteiger partial charge in [0.1, 0.15) is 5.82 Å². The summed E-state index contributed by atoms with van der Waals surface area (Å²) >= 11 is 5.89. The number of hydrogen-bond donors (Lipinski definition) is 2. The number of nitrogen functional groups attached to an aromatic ring is 1. The Balaban J connectivity index is 1.79. The molecule has 0 aliphatic heterocycles. The quantitative estimate of drug-likeness (QED) is 0.433. The van der Waals surface area contributed by atoms with Crippen LogP contribution in [0.4, 0.5) is 11.4 Å². The number of rotatable bonds is 4. The summed E-state index contributed by atoms with van der Waals surface area (Å²) in [4.78, 5) is 14.6. The van der Waals surface area contributed by atoms with Crippen LogP contribution in [-0.2, 0) is 6.42 Å². The Labute approximate surface area is 136 Å². The van der Waals surface area contributed by atoms with E-state index in [1.165, 1.54) is 12.1 Å². The maximum Gasteiger partial charge on any atom is 0.269 e. The van der Waals surface area contributed by atoms with Gasteiger partial charge in [-0.2, -0.15) is 5.10 Å². The third-order valence-electron chi connectivity index (χ3n) is 3.30. The number of nitro benzene ring substituents is 1. The summed E-state index contributed by atoms with van der Waals surface area (Å²) in [6.45, 7) is 0. The molecular weight excluding hydrogens is 318 g/mol. The van der Waals surface area contributed by atoms with Crippen LogP contribution in [0.3, 0.4) is 0 Å². The van der Waals surface area contributed by atoms with E-state index < -0.39 is 4.92 Å². The summed E-state index contributed by atoms with van der Waals surface area (Å²) in [6.07, 6.45) is 0.494. The Bertz CT molecular complexity index is 861. The third-order valence-corrected chi connectivity index (χ3v) is 3.65. The molecule has 7 nitrogen and oxygen atoms in total. The van der Waals surface area contributed by atoms with Crippen LogP contribution in [0.2, 0.25) is 5.02 Å². The summed E-state index contributed by atoms with van der Waals surface area (Å²) in [6, 6.07) is 11.5. The molecule has 0 saturated carbocycles. The minimum atomic E-state index is -0.429. The molecule has 8 heteroatoms. The Kier molecular flexibility index (Phi) is 3.94. The van der Waals surface area contributed by atoms with Crippen LogP contribution in [0.25, 0.3) is 11.4 Å². The number of non-ortho nitro benzene ring substituents is 1. The van der Waals surface area contributed by atoms with Crippen molar-refractivity contribution < 1.29 is 4.92 Å². The van der Waals surface area contributed by atoms with Gasteiger partial charge >= 0.3 is 0 Å². The zero-order chi connectivity index (χ0) is 16.4. The van der Waals surface area contributed by atoms with Crippen molar-refractivity contribution in [1.29, 1.82) is 0 Å². The van der Waals surface area contributed by atoms with Crippen molar-refractivity contribution in [2.24, 2.45) is 0 Å². The highest BCUT2D eigenvalue weighted by Crippen LogP contribution is 2.24. The zero-order valence-electron chi connectivity index (χ0n) is 11.9. The first-order valence-corrected chi connectivity index (χ1v) is 7.11. The first kappa shape index (κ1) is 15.0. The van der Waals surface area contributed by atoms with Crippen molar-refractivity contribution in [3.63, 3.8) is 0 Å². The minimum absolute atomic E-state index is 0.0589. The summed E-state index contributed by atoms with van der Waals surface area (Å²) in [5.74, 6) is 1.17. The van der Waals surface area contributed by atoms with Gasteiger partial charge in [-0.3, -0.25) is 15.2 Å². The molecule has 0 aliphatic carbocycles. The number of nitrogens with one attached hydrogen (secondary N) is 1. The Morgan fingerprint density at radius 2 is 1.96 bits per heavy atom. The highest BCUT2D eigenvalue weighted by Gasteiger charge is 2.09. The van der Waals surface area contributed by atoms with E-state index in [1.54, 1.807) is 30.3 Å². The Morgan fingerprint density at radius 3 is 2.61 bits per heavy atom. The lowest BCUT2D eigenvalue weighted by atomic mass is 10.1. The summed E-state index contributed by atoms with van der Waals surface area (Å²) < 4.78 is 0. The SMILES string of the molecule is Nc1cc(-c2n[nH]c(Cc3ccc([N+](=O)[O-])cc3)n2)ccc1Cl. The maximum absolute atomic E-state index is 10.6. The average molecular weight is 330 g/mol. The first-order chi connectivity index (χ1) is 11.0. The number of benzene rings is 2. The van der Waals surface area contributed by atoms with Crippen LogP contribution in [0.1, 0.15) is 11.4 Å². The maximum atomic E-state index is 10.6. The van der Waals surface area contributed by atoms with Gasteiger partial charge in [-0.15, -0.1) is 0 Å². The van der Waals surface area contributed by atoms with Gasteiger partial charge in [0.15, 0.2) is 5.82 Å². The molecule has 0 atom stereocenters. The third kappa shape index (κ3) is 3.29. The van der Waals surface area contributed by atoms with Crippen LogP contribution in [0.5, 0.6) is 0 Å². The van der Waals surface area contributed by atoms with Crippen LogP contribution in [0, 0.1) is 10.1 Å². The number of anilines is 1. The van der Waals surface area contributed by atoms with Gasteiger partial charge < -0.3 is 5.73 Å². The molecule has 1 heterocycles. The number of aromatic nitrogens is 3. The number of aromatic amines is 1. The van der Waals surface area contributed by atoms with Gasteiger partial charge in [-0.25, -0.2) is 4.98 Å². The van der Waals surface area contributed by atoms with Gasteiger partial charge in [0.25, 0.3) is 5.69 Å². The second-order valence-corrected chi connectivity index (χ2v) is 5.35. The highest BCUT2D eigenvalue weighted by atomic mass is 35.5. The molecule has 1 aromatic heterocycles. The molecule has 0 spiro atoms. The lowest BCUT2D eigenvalue weighted by Gasteiger charge is -2.00. The van der Waals surface area contributed by atoms with Crippen LogP contribution in [0.15, 0.2) is 42.5 Å². The topological polar surface area (TPSA) is 111 Å². The van der Waals surface area contributed by atoms with Crippen molar-refractivity contribution in [2.75, 3.05) is 5.73 Å². The molecule has 0 amide bonds. The molecule has 23 heavy (non-hydrogen) atoms. The van der Waals surface area contributed by atoms with Crippen LogP contribution >= 0.6 is 11.6 Å². The summed E-state index contributed by atoms with van der Waals surface area (Å²) in [5.41, 5.74) is 7.96. The van der Waals surface area contributed by atoms with E-state index in [0.29, 0.717) is 28.8 Å². The van der Waals surface area contributed by atoms with Crippen molar-refractivity contribution in [3.05, 3.63) is 69.0 Å². The monoisotopic (exact) mass is 329 g/mol. The summed E-state index contributed by atoms with van der Waals surface area (Å²) in [7, 11) is 0. The molecule has 0 unspecified atom stereocenters. The molecule has 2 aromatic carbocycles. The van der Waals surface area contributed by atoms with Gasteiger partial charge in [0, 0.05) is 24.1 Å². The standard InChI is InChI=1S/C15H12ClN5O2/c16-12-6-3-10(8-13(12)17)15-18-14(19-20-15)7-9-1-4-11(5-2-9)21(22)23/h1-6,8H,7,17H2,(H,18,19,20). The molecular formula is C15H12ClN5O2. The molecule has 0 saturated heterocycles. The van der Waals surface area contributed by atoms with Crippen LogP contribution in [-0.4, -0.2) is 20.1 Å². The number of nitrogens with two attached hydrogens (primary N) is 1. The Hall–Kier alpha value is -2.93. The molecule has 3 aromatic rings. The van der Waals surface area contributed by atoms with E-state index in [-0.39, 0.29) is 5.69 Å². The normalized spacial score (nSPS) is 10.7. The molecule has 0 bridgehead atoms. The lowest BCUT2D eigenvalue weighted by Crippen LogP contribution is -1.93. The fraction of sp³-hybridized carbons (Fsp3) is 0.0667. The predicted molar refractivity (Wildman–Crippen MR) is 87.1 cm³/mol. The molecule has 0 radical (unpaired) electrons. The molecule has 116 valence electrons. The first-order valence-electron chi connectivity index (χ1n) is 6.73. The Morgan fingerprint density at radius 1 is 1.22 bits per heavy atom. The fourth-order valence-electron chi connectivity index (χ4n) is 2.12. The smallest absolute Gasteiger partial charge is 0.269 e. The zero-order valence-corrected chi connectivity index (χ0v) is 12.6. The molecule has 3 rings (SSSR count). The predicted octanol–water partition coefficient (Wildman–Crippen LogP) is 3.21. The van der Waals surface area contributed by atoms with Crippen molar-refractivity contribution >= 4 is 23.0 Å². The number of nitro groups is 1. The number of hydrogen-bond acceptors (Lipinski definition) is 5. The largest absolute Gasteiger partial charge is 0.398 e. The van der Waals surface area contributed by atoms with Crippen molar-refractivity contribution in [2.45, 2.75) is 6.42 Å². The number of H-pyrrole nitrogens is 1. The van der Waals surface area contributed by atoms with E-state index in [2.05, 4.69) is 15.2 Å². The van der Waals surface area contributed by atoms with Gasteiger partial charge in [0.2, 0.25) is 0 Å². The minimum Gasteiger partial charge on any atom is -0.398 e. The van der Waals surface area contributed by atoms with Gasteiger partial charge in [0.05, 0.1) is 15.6 Å². The molecule has 0 aliphatic rings. The van der Waals surface area contributed by atoms with Crippen molar-refractivity contribution in [1.82, 2.24) is 15.2 Å². The number of nitrogens with zero attached hydrogens (tertiary/aromatic N) is 3. The second kappa shape index (κ2) is 6.05. The van der Waals surface area contributed by atoms with E-state index in [0.717, 1.165) is 11.1 Å². The van der Waals surface area contributed by atoms with E-state index in [1.807, 2.05) is 0 Å². The second-order valence-electron chi connectivity index (χ2n) is 4.94. The van der Waals surface area contributed by atoms with Crippen LogP contribution < -0.4 is 5.73 Å². The van der Waals surface area contributed by atoms with Gasteiger partial charge in [-0.05, 0) is 23.8 Å². The molecule has 3 N–H and O–H groups in total. The highest BCUT2D eigenvalue weighted by molar-refractivity contribution is 6.33. The van der Waals surface area contributed by atoms with E-state index in [4.69, 9.17) is 17.3 Å². The van der Waals surface area contributed by atoms with Crippen molar-refractivity contribution in [3.8, 4) is 11.4 Å². The average Bonchev–Trinajstić information content (AvgIpc) is 2.99. The van der Waals surface area contributed by atoms with E-state index >= 15 is 0 Å². The fourth-order valence-corrected chi connectivity index (χ4v) is 2.23.